The lowest BCUT2D eigenvalue weighted by atomic mass is 10.0. The average molecular weight is 372 g/mol. The maximum Gasteiger partial charge on any atom is 0.123 e. The number of halogens is 2. The maximum absolute atomic E-state index is 13.5. The standard InChI is InChI=1S/C24H15ClFN/c25-18-5-3-4-16(14-18)17-8-13-22-21-6-1-2-7-23(21)27(24(22)15-17)20-11-9-19(26)10-12-20/h1-15H. The van der Waals surface area contributed by atoms with Gasteiger partial charge in [-0.3, -0.25) is 0 Å². The van der Waals surface area contributed by atoms with Gasteiger partial charge in [0.1, 0.15) is 5.82 Å². The van der Waals surface area contributed by atoms with Crippen LogP contribution in [0.3, 0.4) is 0 Å². The van der Waals surface area contributed by atoms with Crippen molar-refractivity contribution in [2.24, 2.45) is 0 Å². The lowest BCUT2D eigenvalue weighted by Gasteiger charge is -2.09. The Balaban J connectivity index is 1.84. The summed E-state index contributed by atoms with van der Waals surface area (Å²) in [5.74, 6) is -0.237. The monoisotopic (exact) mass is 371 g/mol. The minimum atomic E-state index is -0.237. The molecule has 0 N–H and O–H groups in total. The molecule has 0 spiro atoms. The highest BCUT2D eigenvalue weighted by Crippen LogP contribution is 2.35. The van der Waals surface area contributed by atoms with Gasteiger partial charge in [-0.15, -0.1) is 0 Å². The Hall–Kier alpha value is -3.10. The summed E-state index contributed by atoms with van der Waals surface area (Å²) >= 11 is 6.18. The van der Waals surface area contributed by atoms with E-state index in [-0.39, 0.29) is 5.82 Å². The van der Waals surface area contributed by atoms with E-state index in [2.05, 4.69) is 41.0 Å². The molecule has 1 aromatic heterocycles. The summed E-state index contributed by atoms with van der Waals surface area (Å²) in [6, 6.07) is 29.2. The van der Waals surface area contributed by atoms with Crippen LogP contribution in [0.4, 0.5) is 4.39 Å². The number of hydrogen-bond donors (Lipinski definition) is 0. The van der Waals surface area contributed by atoms with E-state index in [4.69, 9.17) is 11.6 Å². The molecule has 5 rings (SSSR count). The summed E-state index contributed by atoms with van der Waals surface area (Å²) < 4.78 is 15.6. The Kier molecular flexibility index (Phi) is 3.73. The minimum absolute atomic E-state index is 0.237. The Labute approximate surface area is 161 Å². The number of benzene rings is 4. The van der Waals surface area contributed by atoms with Crippen molar-refractivity contribution in [3.05, 3.63) is 102 Å². The van der Waals surface area contributed by atoms with Crippen LogP contribution in [0, 0.1) is 5.82 Å². The van der Waals surface area contributed by atoms with Gasteiger partial charge in [-0.2, -0.15) is 0 Å². The quantitative estimate of drug-likeness (QED) is 0.308. The molecule has 3 heteroatoms. The lowest BCUT2D eigenvalue weighted by Crippen LogP contribution is -1.94. The average Bonchev–Trinajstić information content (AvgIpc) is 3.02. The van der Waals surface area contributed by atoms with Crippen LogP contribution in [-0.4, -0.2) is 4.57 Å². The van der Waals surface area contributed by atoms with Crippen LogP contribution in [-0.2, 0) is 0 Å². The SMILES string of the molecule is Fc1ccc(-n2c3ccccc3c3ccc(-c4cccc(Cl)c4)cc32)cc1. The van der Waals surface area contributed by atoms with Gasteiger partial charge in [0.05, 0.1) is 11.0 Å². The number of fused-ring (bicyclic) bond motifs is 3. The molecule has 0 unspecified atom stereocenters. The minimum Gasteiger partial charge on any atom is -0.309 e. The molecule has 0 saturated carbocycles. The van der Waals surface area contributed by atoms with Gasteiger partial charge in [-0.1, -0.05) is 54.1 Å². The Morgan fingerprint density at radius 1 is 0.630 bits per heavy atom. The number of para-hydroxylation sites is 1. The summed E-state index contributed by atoms with van der Waals surface area (Å²) in [5, 5.41) is 3.06. The molecule has 27 heavy (non-hydrogen) atoms. The van der Waals surface area contributed by atoms with E-state index in [1.807, 2.05) is 42.5 Å². The molecule has 0 aliphatic heterocycles. The van der Waals surface area contributed by atoms with E-state index >= 15 is 0 Å². The normalized spacial score (nSPS) is 11.3. The highest BCUT2D eigenvalue weighted by atomic mass is 35.5. The molecular formula is C24H15ClFN. The fraction of sp³-hybridized carbons (Fsp3) is 0. The first-order chi connectivity index (χ1) is 13.2. The Morgan fingerprint density at radius 3 is 2.19 bits per heavy atom. The van der Waals surface area contributed by atoms with Crippen LogP contribution in [0.2, 0.25) is 5.02 Å². The van der Waals surface area contributed by atoms with Gasteiger partial charge in [0, 0.05) is 21.5 Å². The van der Waals surface area contributed by atoms with E-state index in [0.29, 0.717) is 5.02 Å². The van der Waals surface area contributed by atoms with Crippen LogP contribution in [0.15, 0.2) is 91.0 Å². The molecule has 0 bridgehead atoms. The summed E-state index contributed by atoms with van der Waals surface area (Å²) in [5.41, 5.74) is 5.28. The van der Waals surface area contributed by atoms with E-state index in [1.54, 1.807) is 0 Å². The zero-order valence-corrected chi connectivity index (χ0v) is 15.1. The van der Waals surface area contributed by atoms with Crippen molar-refractivity contribution in [3.63, 3.8) is 0 Å². The molecular weight excluding hydrogens is 357 g/mol. The molecule has 0 fully saturated rings. The molecule has 0 atom stereocenters. The second kappa shape index (κ2) is 6.26. The number of rotatable bonds is 2. The second-order valence-corrected chi connectivity index (χ2v) is 7.01. The summed E-state index contributed by atoms with van der Waals surface area (Å²) in [6.45, 7) is 0. The fourth-order valence-electron chi connectivity index (χ4n) is 3.69. The van der Waals surface area contributed by atoms with Crippen molar-refractivity contribution < 1.29 is 4.39 Å². The third-order valence-electron chi connectivity index (χ3n) is 4.92. The van der Waals surface area contributed by atoms with Gasteiger partial charge in [0.25, 0.3) is 0 Å². The van der Waals surface area contributed by atoms with Crippen LogP contribution in [0.5, 0.6) is 0 Å². The van der Waals surface area contributed by atoms with Gasteiger partial charge < -0.3 is 4.57 Å². The van der Waals surface area contributed by atoms with Crippen molar-refractivity contribution in [2.45, 2.75) is 0 Å². The van der Waals surface area contributed by atoms with Crippen LogP contribution >= 0.6 is 11.6 Å². The molecule has 0 radical (unpaired) electrons. The smallest absolute Gasteiger partial charge is 0.123 e. The van der Waals surface area contributed by atoms with Crippen molar-refractivity contribution in [3.8, 4) is 16.8 Å². The zero-order valence-electron chi connectivity index (χ0n) is 14.4. The first-order valence-corrected chi connectivity index (χ1v) is 9.13. The Bertz CT molecular complexity index is 1290. The first-order valence-electron chi connectivity index (χ1n) is 8.76. The van der Waals surface area contributed by atoms with Crippen molar-refractivity contribution in [2.75, 3.05) is 0 Å². The topological polar surface area (TPSA) is 4.93 Å². The van der Waals surface area contributed by atoms with Gasteiger partial charge in [0.15, 0.2) is 0 Å². The van der Waals surface area contributed by atoms with Crippen LogP contribution in [0.25, 0.3) is 38.6 Å². The van der Waals surface area contributed by atoms with Crippen LogP contribution < -0.4 is 0 Å². The summed E-state index contributed by atoms with van der Waals surface area (Å²) in [7, 11) is 0. The van der Waals surface area contributed by atoms with Crippen LogP contribution in [0.1, 0.15) is 0 Å². The van der Waals surface area contributed by atoms with Crippen molar-refractivity contribution >= 4 is 33.4 Å². The molecule has 0 amide bonds. The van der Waals surface area contributed by atoms with E-state index in [0.717, 1.165) is 27.8 Å². The van der Waals surface area contributed by atoms with E-state index in [9.17, 15) is 4.39 Å². The predicted molar refractivity (Wildman–Crippen MR) is 111 cm³/mol. The van der Waals surface area contributed by atoms with Gasteiger partial charge >= 0.3 is 0 Å². The molecule has 1 heterocycles. The number of nitrogens with zero attached hydrogens (tertiary/aromatic N) is 1. The fourth-order valence-corrected chi connectivity index (χ4v) is 3.88. The molecule has 1 nitrogen and oxygen atoms in total. The van der Waals surface area contributed by atoms with Gasteiger partial charge in [0.2, 0.25) is 0 Å². The summed E-state index contributed by atoms with van der Waals surface area (Å²) in [6.07, 6.45) is 0. The predicted octanol–water partition coefficient (Wildman–Crippen LogP) is 7.24. The molecule has 130 valence electrons. The molecule has 5 aromatic rings. The van der Waals surface area contributed by atoms with E-state index in [1.165, 1.54) is 22.9 Å². The highest BCUT2D eigenvalue weighted by molar-refractivity contribution is 6.30. The maximum atomic E-state index is 13.5. The van der Waals surface area contributed by atoms with Crippen molar-refractivity contribution in [1.29, 1.82) is 0 Å². The molecule has 0 aliphatic rings. The second-order valence-electron chi connectivity index (χ2n) is 6.57. The van der Waals surface area contributed by atoms with Crippen molar-refractivity contribution in [1.82, 2.24) is 4.57 Å². The summed E-state index contributed by atoms with van der Waals surface area (Å²) in [4.78, 5) is 0. The molecule has 4 aromatic carbocycles. The van der Waals surface area contributed by atoms with Gasteiger partial charge in [-0.25, -0.2) is 4.39 Å². The largest absolute Gasteiger partial charge is 0.309 e. The zero-order chi connectivity index (χ0) is 18.4. The van der Waals surface area contributed by atoms with E-state index < -0.39 is 0 Å². The molecule has 0 saturated heterocycles. The first kappa shape index (κ1) is 16.1. The van der Waals surface area contributed by atoms with Gasteiger partial charge in [-0.05, 0) is 59.7 Å². The Morgan fingerprint density at radius 2 is 1.37 bits per heavy atom. The third-order valence-corrected chi connectivity index (χ3v) is 5.15. The number of aromatic nitrogens is 1. The molecule has 0 aliphatic carbocycles. The third kappa shape index (κ3) is 2.70. The lowest BCUT2D eigenvalue weighted by molar-refractivity contribution is 0.627. The number of hydrogen-bond acceptors (Lipinski definition) is 0. The highest BCUT2D eigenvalue weighted by Gasteiger charge is 2.13.